The standard InChI is InChI=1S/C11H26N2O2S/c1-5-8-12-9-6-7-10-16(14,15)13-11(2,3)4/h12-13H,5-10H2,1-4H3. The van der Waals surface area contributed by atoms with Crippen LogP contribution in [-0.4, -0.2) is 32.8 Å². The Morgan fingerprint density at radius 2 is 1.69 bits per heavy atom. The van der Waals surface area contributed by atoms with Gasteiger partial charge in [0.25, 0.3) is 0 Å². The zero-order chi connectivity index (χ0) is 12.7. The fourth-order valence-corrected chi connectivity index (χ4v) is 2.98. The third-order valence-corrected chi connectivity index (χ3v) is 3.65. The van der Waals surface area contributed by atoms with Crippen molar-refractivity contribution in [3.63, 3.8) is 0 Å². The number of unbranched alkanes of at least 4 members (excludes halogenated alkanes) is 1. The summed E-state index contributed by atoms with van der Waals surface area (Å²) in [5.41, 5.74) is -0.376. The molecule has 0 aromatic heterocycles. The van der Waals surface area contributed by atoms with Gasteiger partial charge in [-0.25, -0.2) is 13.1 Å². The van der Waals surface area contributed by atoms with Crippen LogP contribution in [0.5, 0.6) is 0 Å². The Labute approximate surface area is 100 Å². The Morgan fingerprint density at radius 3 is 2.19 bits per heavy atom. The molecule has 16 heavy (non-hydrogen) atoms. The van der Waals surface area contributed by atoms with Gasteiger partial charge in [0, 0.05) is 5.54 Å². The summed E-state index contributed by atoms with van der Waals surface area (Å²) < 4.78 is 25.9. The van der Waals surface area contributed by atoms with E-state index in [1.54, 1.807) is 0 Å². The highest BCUT2D eigenvalue weighted by atomic mass is 32.2. The zero-order valence-electron chi connectivity index (χ0n) is 11.0. The lowest BCUT2D eigenvalue weighted by atomic mass is 10.1. The summed E-state index contributed by atoms with van der Waals surface area (Å²) in [5, 5.41) is 3.25. The Balaban J connectivity index is 3.68. The second kappa shape index (κ2) is 7.25. The lowest BCUT2D eigenvalue weighted by molar-refractivity contribution is 0.489. The van der Waals surface area contributed by atoms with Crippen molar-refractivity contribution in [2.75, 3.05) is 18.8 Å². The molecule has 0 atom stereocenters. The lowest BCUT2D eigenvalue weighted by Gasteiger charge is -2.20. The van der Waals surface area contributed by atoms with Gasteiger partial charge in [-0.3, -0.25) is 0 Å². The van der Waals surface area contributed by atoms with Crippen LogP contribution in [0.15, 0.2) is 0 Å². The van der Waals surface area contributed by atoms with E-state index in [4.69, 9.17) is 0 Å². The fourth-order valence-electron chi connectivity index (χ4n) is 1.36. The lowest BCUT2D eigenvalue weighted by Crippen LogP contribution is -2.41. The van der Waals surface area contributed by atoms with Crippen LogP contribution >= 0.6 is 0 Å². The molecule has 0 aromatic rings. The van der Waals surface area contributed by atoms with Crippen molar-refractivity contribution >= 4 is 10.0 Å². The predicted octanol–water partition coefficient (Wildman–Crippen LogP) is 1.48. The number of rotatable bonds is 8. The third kappa shape index (κ3) is 10.4. The highest BCUT2D eigenvalue weighted by molar-refractivity contribution is 7.89. The summed E-state index contributed by atoms with van der Waals surface area (Å²) in [6.45, 7) is 9.59. The third-order valence-electron chi connectivity index (χ3n) is 1.91. The van der Waals surface area contributed by atoms with Gasteiger partial charge < -0.3 is 5.32 Å². The van der Waals surface area contributed by atoms with E-state index in [-0.39, 0.29) is 11.3 Å². The van der Waals surface area contributed by atoms with Gasteiger partial charge in [0.05, 0.1) is 5.75 Å². The van der Waals surface area contributed by atoms with Crippen LogP contribution in [0.4, 0.5) is 0 Å². The number of hydrogen-bond donors (Lipinski definition) is 2. The molecular weight excluding hydrogens is 224 g/mol. The number of sulfonamides is 1. The molecule has 0 saturated heterocycles. The second-order valence-electron chi connectivity index (χ2n) is 5.13. The second-order valence-corrected chi connectivity index (χ2v) is 6.97. The van der Waals surface area contributed by atoms with E-state index in [2.05, 4.69) is 17.0 Å². The molecule has 0 amide bonds. The first-order valence-corrected chi connectivity index (χ1v) is 7.64. The summed E-state index contributed by atoms with van der Waals surface area (Å²) >= 11 is 0. The SMILES string of the molecule is CCCNCCCCS(=O)(=O)NC(C)(C)C. The van der Waals surface area contributed by atoms with Crippen LogP contribution in [0.25, 0.3) is 0 Å². The van der Waals surface area contributed by atoms with Crippen molar-refractivity contribution in [3.05, 3.63) is 0 Å². The van der Waals surface area contributed by atoms with Crippen molar-refractivity contribution in [2.45, 2.75) is 52.5 Å². The van der Waals surface area contributed by atoms with Crippen molar-refractivity contribution < 1.29 is 8.42 Å². The monoisotopic (exact) mass is 250 g/mol. The Bertz CT molecular complexity index is 268. The van der Waals surface area contributed by atoms with E-state index < -0.39 is 10.0 Å². The summed E-state index contributed by atoms with van der Waals surface area (Å²) in [4.78, 5) is 0. The first-order chi connectivity index (χ1) is 7.27. The molecule has 2 N–H and O–H groups in total. The first kappa shape index (κ1) is 15.9. The topological polar surface area (TPSA) is 58.2 Å². The van der Waals surface area contributed by atoms with E-state index in [1.165, 1.54) is 0 Å². The minimum absolute atomic E-state index is 0.220. The van der Waals surface area contributed by atoms with E-state index in [1.807, 2.05) is 20.8 Å². The summed E-state index contributed by atoms with van der Waals surface area (Å²) in [7, 11) is -3.11. The molecule has 0 fully saturated rings. The highest BCUT2D eigenvalue weighted by Crippen LogP contribution is 2.03. The normalized spacial score (nSPS) is 13.0. The highest BCUT2D eigenvalue weighted by Gasteiger charge is 2.18. The quantitative estimate of drug-likeness (QED) is 0.642. The van der Waals surface area contributed by atoms with E-state index in [9.17, 15) is 8.42 Å². The Morgan fingerprint density at radius 1 is 1.06 bits per heavy atom. The molecule has 0 unspecified atom stereocenters. The van der Waals surface area contributed by atoms with Gasteiger partial charge in [0.15, 0.2) is 0 Å². The van der Waals surface area contributed by atoms with Gasteiger partial charge in [-0.1, -0.05) is 6.92 Å². The van der Waals surface area contributed by atoms with Crippen molar-refractivity contribution in [1.29, 1.82) is 0 Å². The van der Waals surface area contributed by atoms with Crippen LogP contribution < -0.4 is 10.0 Å². The van der Waals surface area contributed by atoms with E-state index >= 15 is 0 Å². The summed E-state index contributed by atoms with van der Waals surface area (Å²) in [6, 6.07) is 0. The van der Waals surface area contributed by atoms with Crippen LogP contribution in [0.1, 0.15) is 47.0 Å². The first-order valence-electron chi connectivity index (χ1n) is 5.99. The average Bonchev–Trinajstić information content (AvgIpc) is 2.06. The molecule has 0 aliphatic rings. The predicted molar refractivity (Wildman–Crippen MR) is 69.1 cm³/mol. The van der Waals surface area contributed by atoms with Crippen molar-refractivity contribution in [3.8, 4) is 0 Å². The molecule has 0 aliphatic carbocycles. The van der Waals surface area contributed by atoms with Gasteiger partial charge in [0.1, 0.15) is 0 Å². The van der Waals surface area contributed by atoms with E-state index in [0.717, 1.165) is 25.9 Å². The summed E-state index contributed by atoms with van der Waals surface area (Å²) in [6.07, 6.45) is 2.73. The van der Waals surface area contributed by atoms with E-state index in [0.29, 0.717) is 6.42 Å². The fraction of sp³-hybridized carbons (Fsp3) is 1.00. The molecule has 0 heterocycles. The summed E-state index contributed by atoms with van der Waals surface area (Å²) in [5.74, 6) is 0.220. The molecule has 0 aromatic carbocycles. The molecule has 0 rings (SSSR count). The van der Waals surface area contributed by atoms with Crippen molar-refractivity contribution in [2.24, 2.45) is 0 Å². The average molecular weight is 250 g/mol. The Hall–Kier alpha value is -0.130. The Kier molecular flexibility index (Phi) is 7.19. The van der Waals surface area contributed by atoms with Gasteiger partial charge in [-0.15, -0.1) is 0 Å². The van der Waals surface area contributed by atoms with Crippen molar-refractivity contribution in [1.82, 2.24) is 10.0 Å². The number of hydrogen-bond acceptors (Lipinski definition) is 3. The van der Waals surface area contributed by atoms with Gasteiger partial charge in [-0.2, -0.15) is 0 Å². The molecule has 4 nitrogen and oxygen atoms in total. The molecule has 98 valence electrons. The van der Waals surface area contributed by atoms with Gasteiger partial charge >= 0.3 is 0 Å². The number of nitrogens with one attached hydrogen (secondary N) is 2. The van der Waals surface area contributed by atoms with Gasteiger partial charge in [-0.05, 0) is 53.1 Å². The molecule has 0 spiro atoms. The maximum absolute atomic E-state index is 11.6. The zero-order valence-corrected chi connectivity index (χ0v) is 11.8. The van der Waals surface area contributed by atoms with Gasteiger partial charge in [0.2, 0.25) is 10.0 Å². The van der Waals surface area contributed by atoms with Crippen LogP contribution in [0.3, 0.4) is 0 Å². The molecule has 0 radical (unpaired) electrons. The largest absolute Gasteiger partial charge is 0.317 e. The van der Waals surface area contributed by atoms with Crippen LogP contribution in [-0.2, 0) is 10.0 Å². The van der Waals surface area contributed by atoms with Crippen LogP contribution in [0.2, 0.25) is 0 Å². The molecule has 0 saturated carbocycles. The molecule has 5 heteroatoms. The maximum Gasteiger partial charge on any atom is 0.212 e. The minimum atomic E-state index is -3.11. The minimum Gasteiger partial charge on any atom is -0.317 e. The molecule has 0 aliphatic heterocycles. The molecule has 0 bridgehead atoms. The smallest absolute Gasteiger partial charge is 0.212 e. The maximum atomic E-state index is 11.6. The molecular formula is C11H26N2O2S. The van der Waals surface area contributed by atoms with Crippen LogP contribution in [0, 0.1) is 0 Å².